The highest BCUT2D eigenvalue weighted by atomic mass is 32.2. The number of sulfone groups is 1. The van der Waals surface area contributed by atoms with E-state index in [-0.39, 0.29) is 18.1 Å². The predicted molar refractivity (Wildman–Crippen MR) is 74.5 cm³/mol. The van der Waals surface area contributed by atoms with Crippen LogP contribution in [0.5, 0.6) is 5.75 Å². The zero-order valence-electron chi connectivity index (χ0n) is 11.5. The second kappa shape index (κ2) is 6.53. The highest BCUT2D eigenvalue weighted by Crippen LogP contribution is 2.24. The first-order valence-corrected chi connectivity index (χ1v) is 7.73. The van der Waals surface area contributed by atoms with Gasteiger partial charge in [-0.25, -0.2) is 13.2 Å². The van der Waals surface area contributed by atoms with Crippen molar-refractivity contribution in [2.45, 2.75) is 19.1 Å². The minimum absolute atomic E-state index is 0.0666. The lowest BCUT2D eigenvalue weighted by molar-refractivity contribution is -0.385. The molecule has 0 radical (unpaired) electrons. The number of ether oxygens (including phenoxy) is 1. The first-order chi connectivity index (χ1) is 9.65. The lowest BCUT2D eigenvalue weighted by Gasteiger charge is -2.09. The topological polar surface area (TPSA) is 124 Å². The zero-order valence-corrected chi connectivity index (χ0v) is 12.3. The quantitative estimate of drug-likeness (QED) is 0.596. The number of rotatable bonds is 7. The van der Waals surface area contributed by atoms with E-state index in [4.69, 9.17) is 9.84 Å². The van der Waals surface area contributed by atoms with E-state index in [1.165, 1.54) is 6.07 Å². The first kappa shape index (κ1) is 16.9. The summed E-state index contributed by atoms with van der Waals surface area (Å²) < 4.78 is 28.3. The molecule has 0 amide bonds. The normalized spacial score (nSPS) is 11.4. The Labute approximate surface area is 121 Å². The molecule has 0 saturated carbocycles. The molecule has 116 valence electrons. The minimum Gasteiger partial charge on any atom is -0.493 e. The molecule has 0 atom stereocenters. The van der Waals surface area contributed by atoms with E-state index in [0.717, 1.165) is 12.1 Å². The Kier molecular flexibility index (Phi) is 5.25. The number of benzene rings is 1. The number of nitro benzene ring substituents is 1. The third-order valence-electron chi connectivity index (χ3n) is 2.75. The van der Waals surface area contributed by atoms with Crippen LogP contribution >= 0.6 is 0 Å². The van der Waals surface area contributed by atoms with Crippen molar-refractivity contribution in [2.75, 3.05) is 12.4 Å². The predicted octanol–water partition coefficient (Wildman–Crippen LogP) is 1.49. The Morgan fingerprint density at radius 3 is 2.52 bits per heavy atom. The van der Waals surface area contributed by atoms with E-state index >= 15 is 0 Å². The van der Waals surface area contributed by atoms with Gasteiger partial charge in [-0.05, 0) is 19.9 Å². The summed E-state index contributed by atoms with van der Waals surface area (Å²) in [7, 11) is -3.27. The molecule has 1 aromatic rings. The van der Waals surface area contributed by atoms with Crippen molar-refractivity contribution in [3.63, 3.8) is 0 Å². The van der Waals surface area contributed by atoms with Crippen molar-refractivity contribution in [2.24, 2.45) is 0 Å². The number of aromatic carboxylic acids is 1. The van der Waals surface area contributed by atoms with Gasteiger partial charge in [-0.15, -0.1) is 0 Å². The van der Waals surface area contributed by atoms with Gasteiger partial charge in [0.25, 0.3) is 5.69 Å². The van der Waals surface area contributed by atoms with E-state index in [9.17, 15) is 23.3 Å². The van der Waals surface area contributed by atoms with Crippen LogP contribution < -0.4 is 4.74 Å². The molecule has 1 N–H and O–H groups in total. The molecule has 0 aliphatic heterocycles. The Morgan fingerprint density at radius 1 is 1.43 bits per heavy atom. The van der Waals surface area contributed by atoms with Gasteiger partial charge in [0.05, 0.1) is 15.9 Å². The largest absolute Gasteiger partial charge is 0.493 e. The smallest absolute Gasteiger partial charge is 0.342 e. The van der Waals surface area contributed by atoms with Gasteiger partial charge in [-0.3, -0.25) is 10.1 Å². The van der Waals surface area contributed by atoms with Crippen LogP contribution in [0.3, 0.4) is 0 Å². The number of carboxylic acids is 1. The third kappa shape index (κ3) is 4.42. The third-order valence-corrected chi connectivity index (χ3v) is 4.92. The number of nitro groups is 1. The molecule has 0 aliphatic rings. The molecule has 0 saturated heterocycles. The van der Waals surface area contributed by atoms with Crippen LogP contribution in [-0.4, -0.2) is 42.0 Å². The van der Waals surface area contributed by atoms with Gasteiger partial charge in [-0.2, -0.15) is 0 Å². The second-order valence-corrected chi connectivity index (χ2v) is 7.18. The molecular weight excluding hydrogens is 302 g/mol. The van der Waals surface area contributed by atoms with E-state index in [0.29, 0.717) is 0 Å². The maximum atomic E-state index is 11.6. The number of hydrogen-bond donors (Lipinski definition) is 1. The van der Waals surface area contributed by atoms with Crippen LogP contribution in [0, 0.1) is 10.1 Å². The van der Waals surface area contributed by atoms with Crippen LogP contribution in [0.4, 0.5) is 5.69 Å². The molecule has 0 bridgehead atoms. The molecule has 8 nitrogen and oxygen atoms in total. The number of carboxylic acid groups (broad SMARTS) is 1. The summed E-state index contributed by atoms with van der Waals surface area (Å²) in [4.78, 5) is 20.8. The summed E-state index contributed by atoms with van der Waals surface area (Å²) in [6.07, 6.45) is 0. The van der Waals surface area contributed by atoms with E-state index < -0.39 is 37.2 Å². The van der Waals surface area contributed by atoms with Gasteiger partial charge in [0.1, 0.15) is 17.9 Å². The fourth-order valence-electron chi connectivity index (χ4n) is 1.45. The fourth-order valence-corrected chi connectivity index (χ4v) is 2.23. The summed E-state index contributed by atoms with van der Waals surface area (Å²) in [6, 6.07) is 3.24. The Hall–Kier alpha value is -2.16. The molecule has 9 heteroatoms. The monoisotopic (exact) mass is 317 g/mol. The van der Waals surface area contributed by atoms with Crippen molar-refractivity contribution >= 4 is 21.5 Å². The van der Waals surface area contributed by atoms with Gasteiger partial charge in [0, 0.05) is 12.1 Å². The van der Waals surface area contributed by atoms with Crippen molar-refractivity contribution in [1.82, 2.24) is 0 Å². The zero-order chi connectivity index (χ0) is 16.2. The highest BCUT2D eigenvalue weighted by Gasteiger charge is 2.21. The molecule has 0 aromatic heterocycles. The molecule has 1 aromatic carbocycles. The number of hydrogen-bond acceptors (Lipinski definition) is 6. The van der Waals surface area contributed by atoms with Crippen LogP contribution in [0.2, 0.25) is 0 Å². The molecule has 21 heavy (non-hydrogen) atoms. The second-order valence-electron chi connectivity index (χ2n) is 4.51. The summed E-state index contributed by atoms with van der Waals surface area (Å²) in [5, 5.41) is 19.1. The molecule has 0 spiro atoms. The SMILES string of the molecule is CC(C)S(=O)(=O)CCOc1ccc([N+](=O)[O-])c(C(=O)O)c1. The minimum atomic E-state index is -3.27. The lowest BCUT2D eigenvalue weighted by atomic mass is 10.2. The highest BCUT2D eigenvalue weighted by molar-refractivity contribution is 7.91. The van der Waals surface area contributed by atoms with Gasteiger partial charge >= 0.3 is 5.97 Å². The van der Waals surface area contributed by atoms with Crippen molar-refractivity contribution in [3.05, 3.63) is 33.9 Å². The maximum Gasteiger partial charge on any atom is 0.342 e. The van der Waals surface area contributed by atoms with E-state index in [2.05, 4.69) is 0 Å². The van der Waals surface area contributed by atoms with Crippen molar-refractivity contribution < 1.29 is 28.0 Å². The van der Waals surface area contributed by atoms with Crippen molar-refractivity contribution in [1.29, 1.82) is 0 Å². The number of carbonyl (C=O) groups is 1. The molecule has 0 heterocycles. The summed E-state index contributed by atoms with van der Waals surface area (Å²) >= 11 is 0. The Bertz CT molecular complexity index is 652. The van der Waals surface area contributed by atoms with Gasteiger partial charge in [-0.1, -0.05) is 0 Å². The Morgan fingerprint density at radius 2 is 2.05 bits per heavy atom. The lowest BCUT2D eigenvalue weighted by Crippen LogP contribution is -2.22. The molecule has 0 unspecified atom stereocenters. The molecule has 0 fully saturated rings. The van der Waals surface area contributed by atoms with Gasteiger partial charge in [0.15, 0.2) is 9.84 Å². The first-order valence-electron chi connectivity index (χ1n) is 6.01. The van der Waals surface area contributed by atoms with Crippen LogP contribution in [-0.2, 0) is 9.84 Å². The summed E-state index contributed by atoms with van der Waals surface area (Å²) in [6.45, 7) is 2.94. The fraction of sp³-hybridized carbons (Fsp3) is 0.417. The van der Waals surface area contributed by atoms with Gasteiger partial charge in [0.2, 0.25) is 0 Å². The van der Waals surface area contributed by atoms with Crippen molar-refractivity contribution in [3.8, 4) is 5.75 Å². The number of nitrogens with zero attached hydrogens (tertiary/aromatic N) is 1. The van der Waals surface area contributed by atoms with Gasteiger partial charge < -0.3 is 9.84 Å². The average Bonchev–Trinajstić information content (AvgIpc) is 2.37. The standard InChI is InChI=1S/C12H15NO7S/c1-8(2)21(18,19)6-5-20-9-3-4-11(13(16)17)10(7-9)12(14)15/h3-4,7-8H,5-6H2,1-2H3,(H,14,15). The van der Waals surface area contributed by atoms with Crippen LogP contribution in [0.1, 0.15) is 24.2 Å². The summed E-state index contributed by atoms with van der Waals surface area (Å²) in [5.74, 6) is -1.61. The molecule has 0 aliphatic carbocycles. The molecule has 1 rings (SSSR count). The maximum absolute atomic E-state index is 11.6. The average molecular weight is 317 g/mol. The van der Waals surface area contributed by atoms with E-state index in [1.807, 2.05) is 0 Å². The molecular formula is C12H15NO7S. The summed E-state index contributed by atoms with van der Waals surface area (Å²) in [5.41, 5.74) is -1.06. The Balaban J connectivity index is 2.85. The van der Waals surface area contributed by atoms with Crippen LogP contribution in [0.25, 0.3) is 0 Å². The van der Waals surface area contributed by atoms with Crippen LogP contribution in [0.15, 0.2) is 18.2 Å². The van der Waals surface area contributed by atoms with E-state index in [1.54, 1.807) is 13.8 Å².